The minimum atomic E-state index is -4.65. The normalized spacial score (nSPS) is 22.0. The summed E-state index contributed by atoms with van der Waals surface area (Å²) in [7, 11) is 0. The monoisotopic (exact) mass is 689 g/mol. The highest BCUT2D eigenvalue weighted by atomic mass is 19.4. The summed E-state index contributed by atoms with van der Waals surface area (Å²) in [5, 5.41) is 13.7. The molecule has 2 aliphatic heterocycles. The number of hydrogen-bond acceptors (Lipinski definition) is 9. The molecule has 1 atom stereocenters. The molecule has 5 heterocycles. The summed E-state index contributed by atoms with van der Waals surface area (Å²) >= 11 is 0. The fourth-order valence-corrected chi connectivity index (χ4v) is 7.07. The molecular formula is C35H38F3N9O3. The number of fused-ring (bicyclic) bond motifs is 1. The third-order valence-corrected chi connectivity index (χ3v) is 9.79. The Kier molecular flexibility index (Phi) is 9.40. The van der Waals surface area contributed by atoms with Crippen molar-refractivity contribution in [3.8, 4) is 0 Å². The summed E-state index contributed by atoms with van der Waals surface area (Å²) in [6.45, 7) is 4.86. The van der Waals surface area contributed by atoms with Gasteiger partial charge in [-0.2, -0.15) is 18.3 Å². The van der Waals surface area contributed by atoms with Gasteiger partial charge in [-0.05, 0) is 74.4 Å². The number of nitrogens with zero attached hydrogens (tertiary/aromatic N) is 6. The third-order valence-electron chi connectivity index (χ3n) is 9.79. The van der Waals surface area contributed by atoms with E-state index in [4.69, 9.17) is 5.10 Å². The van der Waals surface area contributed by atoms with Gasteiger partial charge in [0.2, 0.25) is 11.8 Å². The minimum absolute atomic E-state index is 0.210. The molecule has 4 aromatic rings. The number of piperazine rings is 1. The van der Waals surface area contributed by atoms with Gasteiger partial charge >= 0.3 is 6.18 Å². The van der Waals surface area contributed by atoms with Crippen LogP contribution in [0.4, 0.5) is 30.4 Å². The van der Waals surface area contributed by atoms with Gasteiger partial charge in [0.05, 0.1) is 12.2 Å². The van der Waals surface area contributed by atoms with Crippen LogP contribution in [-0.4, -0.2) is 81.1 Å². The molecular weight excluding hydrogens is 651 g/mol. The lowest BCUT2D eigenvalue weighted by atomic mass is 9.85. The Hall–Kier alpha value is -5.05. The van der Waals surface area contributed by atoms with E-state index in [9.17, 15) is 27.6 Å². The van der Waals surface area contributed by atoms with Crippen LogP contribution in [0.3, 0.4) is 0 Å². The van der Waals surface area contributed by atoms with E-state index in [-0.39, 0.29) is 29.4 Å². The number of anilines is 3. The number of amides is 3. The molecule has 50 heavy (non-hydrogen) atoms. The maximum atomic E-state index is 13.0. The number of halogens is 3. The van der Waals surface area contributed by atoms with Crippen molar-refractivity contribution < 1.29 is 27.6 Å². The molecule has 262 valence electrons. The predicted molar refractivity (Wildman–Crippen MR) is 181 cm³/mol. The average molecular weight is 690 g/mol. The molecule has 3 fully saturated rings. The van der Waals surface area contributed by atoms with Crippen molar-refractivity contribution in [2.75, 3.05) is 48.3 Å². The number of aromatic nitrogens is 4. The topological polar surface area (TPSA) is 137 Å². The average Bonchev–Trinajstić information content (AvgIpc) is 3.54. The van der Waals surface area contributed by atoms with E-state index in [2.05, 4.69) is 47.9 Å². The van der Waals surface area contributed by atoms with Gasteiger partial charge < -0.3 is 15.5 Å². The Morgan fingerprint density at radius 1 is 0.960 bits per heavy atom. The third kappa shape index (κ3) is 7.72. The van der Waals surface area contributed by atoms with Crippen molar-refractivity contribution in [2.24, 2.45) is 5.92 Å². The van der Waals surface area contributed by atoms with E-state index in [1.54, 1.807) is 12.3 Å². The van der Waals surface area contributed by atoms with Crippen LogP contribution in [0, 0.1) is 5.92 Å². The summed E-state index contributed by atoms with van der Waals surface area (Å²) in [5.41, 5.74) is 1.19. The first kappa shape index (κ1) is 33.4. The van der Waals surface area contributed by atoms with Crippen LogP contribution in [0.25, 0.3) is 10.9 Å². The number of piperidine rings is 1. The molecule has 0 spiro atoms. The molecule has 1 unspecified atom stereocenters. The molecule has 12 nitrogen and oxygen atoms in total. The summed E-state index contributed by atoms with van der Waals surface area (Å²) in [4.78, 5) is 48.9. The van der Waals surface area contributed by atoms with Crippen molar-refractivity contribution in [3.63, 3.8) is 0 Å². The minimum Gasteiger partial charge on any atom is -0.374 e. The van der Waals surface area contributed by atoms with Crippen molar-refractivity contribution in [3.05, 3.63) is 72.3 Å². The summed E-state index contributed by atoms with van der Waals surface area (Å²) in [6, 6.07) is 12.8. The van der Waals surface area contributed by atoms with E-state index in [0.717, 1.165) is 87.3 Å². The van der Waals surface area contributed by atoms with Gasteiger partial charge in [0.25, 0.3) is 5.91 Å². The maximum Gasteiger partial charge on any atom is 0.433 e. The van der Waals surface area contributed by atoms with Gasteiger partial charge in [-0.3, -0.25) is 29.3 Å². The predicted octanol–water partition coefficient (Wildman–Crippen LogP) is 4.87. The quantitative estimate of drug-likeness (QED) is 0.222. The highest BCUT2D eigenvalue weighted by Gasteiger charge is 2.33. The van der Waals surface area contributed by atoms with E-state index >= 15 is 0 Å². The number of hydrogen-bond donors (Lipinski definition) is 3. The second-order valence-corrected chi connectivity index (χ2v) is 13.3. The molecule has 3 aliphatic rings. The van der Waals surface area contributed by atoms with Gasteiger partial charge in [-0.15, -0.1) is 0 Å². The zero-order valence-electron chi connectivity index (χ0n) is 27.3. The molecule has 7 rings (SSSR count). The Balaban J connectivity index is 0.878. The van der Waals surface area contributed by atoms with Crippen LogP contribution in [0.2, 0.25) is 0 Å². The lowest BCUT2D eigenvalue weighted by Gasteiger charge is -2.39. The molecule has 3 aromatic heterocycles. The lowest BCUT2D eigenvalue weighted by molar-refractivity contribution is -0.141. The Labute approximate surface area is 286 Å². The van der Waals surface area contributed by atoms with Gasteiger partial charge in [0.1, 0.15) is 28.8 Å². The van der Waals surface area contributed by atoms with E-state index < -0.39 is 23.8 Å². The molecule has 3 amide bonds. The molecule has 1 aromatic carbocycles. The Bertz CT molecular complexity index is 1880. The number of nitrogens with one attached hydrogen (secondary N) is 3. The SMILES string of the molecule is O=C1CCC(Nc2cccc(N3CCN(CC4CCC(n5cc6cc(NC(=O)c7cccc(C(F)(F)F)n7)ncc6n5)CC4)CC3)c2)C(=O)N1. The number of imide groups is 1. The molecule has 0 radical (unpaired) electrons. The molecule has 15 heteroatoms. The summed E-state index contributed by atoms with van der Waals surface area (Å²) in [6.07, 6.45) is 3.87. The first-order valence-corrected chi connectivity index (χ1v) is 17.0. The summed E-state index contributed by atoms with van der Waals surface area (Å²) < 4.78 is 41.1. The number of pyridine rings is 2. The van der Waals surface area contributed by atoms with E-state index in [1.165, 1.54) is 6.07 Å². The van der Waals surface area contributed by atoms with Crippen LogP contribution in [0.15, 0.2) is 60.9 Å². The Morgan fingerprint density at radius 2 is 1.74 bits per heavy atom. The smallest absolute Gasteiger partial charge is 0.374 e. The van der Waals surface area contributed by atoms with Crippen LogP contribution < -0.4 is 20.9 Å². The Morgan fingerprint density at radius 3 is 2.50 bits per heavy atom. The second kappa shape index (κ2) is 14.1. The standard InChI is InChI=1S/C35H38F3N9O3/c36-35(37,38)30-6-2-5-27(41-30)33(49)42-31-17-23-21-47(44-29(23)19-39-31)25-9-7-22(8-10-25)20-45-13-15-46(16-14-45)26-4-1-3-24(18-26)40-28-11-12-32(48)43-34(28)50/h1-6,17-19,21-22,25,28,40H,7-16,20H2,(H,42,49)(H,43,48,50). The number of benzene rings is 1. The van der Waals surface area contributed by atoms with Crippen molar-refractivity contribution in [1.82, 2.24) is 30.0 Å². The number of carbonyl (C=O) groups excluding carboxylic acids is 3. The van der Waals surface area contributed by atoms with Crippen LogP contribution in [0.1, 0.15) is 60.7 Å². The zero-order valence-corrected chi connectivity index (χ0v) is 27.3. The fourth-order valence-electron chi connectivity index (χ4n) is 7.07. The van der Waals surface area contributed by atoms with Crippen LogP contribution in [0.5, 0.6) is 0 Å². The molecule has 0 bridgehead atoms. The first-order chi connectivity index (χ1) is 24.1. The van der Waals surface area contributed by atoms with E-state index in [0.29, 0.717) is 24.3 Å². The van der Waals surface area contributed by atoms with Crippen molar-refractivity contribution in [2.45, 2.75) is 56.8 Å². The number of rotatable bonds is 8. The fraction of sp³-hybridized carbons (Fsp3) is 0.429. The second-order valence-electron chi connectivity index (χ2n) is 13.3. The van der Waals surface area contributed by atoms with Crippen LogP contribution >= 0.6 is 0 Å². The van der Waals surface area contributed by atoms with Gasteiger partial charge in [0, 0.05) is 62.1 Å². The van der Waals surface area contributed by atoms with Crippen molar-refractivity contribution in [1.29, 1.82) is 0 Å². The first-order valence-electron chi connectivity index (χ1n) is 17.0. The largest absolute Gasteiger partial charge is 0.433 e. The highest BCUT2D eigenvalue weighted by molar-refractivity contribution is 6.03. The molecule has 2 saturated heterocycles. The van der Waals surface area contributed by atoms with Gasteiger partial charge in [0.15, 0.2) is 0 Å². The van der Waals surface area contributed by atoms with E-state index in [1.807, 2.05) is 23.0 Å². The van der Waals surface area contributed by atoms with Gasteiger partial charge in [-0.1, -0.05) is 12.1 Å². The highest BCUT2D eigenvalue weighted by Crippen LogP contribution is 2.34. The molecule has 1 aliphatic carbocycles. The number of alkyl halides is 3. The lowest BCUT2D eigenvalue weighted by Crippen LogP contribution is -2.48. The molecule has 3 N–H and O–H groups in total. The zero-order chi connectivity index (χ0) is 34.8. The maximum absolute atomic E-state index is 13.0. The van der Waals surface area contributed by atoms with Crippen molar-refractivity contribution >= 4 is 45.8 Å². The van der Waals surface area contributed by atoms with Crippen LogP contribution in [-0.2, 0) is 15.8 Å². The summed E-state index contributed by atoms with van der Waals surface area (Å²) in [5.74, 6) is -0.456. The van der Waals surface area contributed by atoms with Gasteiger partial charge in [-0.25, -0.2) is 9.97 Å². The number of carbonyl (C=O) groups is 3. The molecule has 1 saturated carbocycles.